The zero-order valence-corrected chi connectivity index (χ0v) is 16.9. The maximum absolute atomic E-state index is 12.8. The number of ether oxygens (including phenoxy) is 2. The molecule has 2 rings (SSSR count). The first-order chi connectivity index (χ1) is 11.4. The predicted octanol–water partition coefficient (Wildman–Crippen LogP) is 4.12. The smallest absolute Gasteiger partial charge is 0.337 e. The number of nitrogens with one attached hydrogen (secondary N) is 1. The van der Waals surface area contributed by atoms with Gasteiger partial charge in [0.15, 0.2) is 0 Å². The Morgan fingerprint density at radius 2 is 1.96 bits per heavy atom. The van der Waals surface area contributed by atoms with Crippen molar-refractivity contribution in [1.29, 1.82) is 0 Å². The third-order valence-electron chi connectivity index (χ3n) is 4.04. The molecule has 1 N–H and O–H groups in total. The van der Waals surface area contributed by atoms with E-state index < -0.39 is 0 Å². The van der Waals surface area contributed by atoms with E-state index in [-0.39, 0.29) is 18.0 Å². The minimum Gasteiger partial charge on any atom is -0.460 e. The van der Waals surface area contributed by atoms with Crippen molar-refractivity contribution in [3.63, 3.8) is 0 Å². The lowest BCUT2D eigenvalue weighted by Crippen LogP contribution is -2.32. The van der Waals surface area contributed by atoms with Gasteiger partial charge in [-0.1, -0.05) is 18.2 Å². The van der Waals surface area contributed by atoms with Crippen LogP contribution in [-0.4, -0.2) is 25.8 Å². The van der Waals surface area contributed by atoms with Crippen molar-refractivity contribution in [2.75, 3.05) is 13.7 Å². The van der Waals surface area contributed by atoms with E-state index >= 15 is 0 Å². The third-order valence-corrected chi connectivity index (χ3v) is 5.03. The zero-order chi connectivity index (χ0) is 17.9. The van der Waals surface area contributed by atoms with Crippen molar-refractivity contribution in [3.05, 3.63) is 55.9 Å². The summed E-state index contributed by atoms with van der Waals surface area (Å²) in [4.78, 5) is 12.8. The highest BCUT2D eigenvalue weighted by Crippen LogP contribution is 2.40. The largest absolute Gasteiger partial charge is 0.460 e. The van der Waals surface area contributed by atoms with Gasteiger partial charge in [-0.15, -0.1) is 0 Å². The third kappa shape index (κ3) is 4.00. The van der Waals surface area contributed by atoms with Crippen LogP contribution in [0.5, 0.6) is 0 Å². The maximum Gasteiger partial charge on any atom is 0.337 e. The van der Waals surface area contributed by atoms with E-state index in [2.05, 4.69) is 47.0 Å². The Balaban J connectivity index is 2.61. The van der Waals surface area contributed by atoms with Crippen molar-refractivity contribution >= 4 is 28.6 Å². The lowest BCUT2D eigenvalue weighted by Gasteiger charge is -2.32. The van der Waals surface area contributed by atoms with Crippen molar-refractivity contribution in [1.82, 2.24) is 5.32 Å². The number of carbonyl (C=O) groups is 1. The summed E-state index contributed by atoms with van der Waals surface area (Å²) in [6, 6.07) is 8.14. The number of rotatable bonds is 5. The highest BCUT2D eigenvalue weighted by Gasteiger charge is 2.34. The Labute approximate surface area is 157 Å². The summed E-state index contributed by atoms with van der Waals surface area (Å²) in [5.74, 6) is -0.420. The minimum atomic E-state index is -0.291. The molecular weight excluding hydrogens is 417 g/mol. The fourth-order valence-electron chi connectivity index (χ4n) is 2.87. The van der Waals surface area contributed by atoms with Crippen molar-refractivity contribution in [3.8, 4) is 0 Å². The van der Waals surface area contributed by atoms with Gasteiger partial charge in [-0.25, -0.2) is 4.79 Å². The van der Waals surface area contributed by atoms with Gasteiger partial charge in [0.1, 0.15) is 0 Å². The Morgan fingerprint density at radius 1 is 1.29 bits per heavy atom. The van der Waals surface area contributed by atoms with Gasteiger partial charge >= 0.3 is 5.97 Å². The van der Waals surface area contributed by atoms with E-state index in [1.54, 1.807) is 7.11 Å². The van der Waals surface area contributed by atoms with E-state index in [1.807, 2.05) is 32.9 Å². The quantitative estimate of drug-likeness (QED) is 0.552. The highest BCUT2D eigenvalue weighted by molar-refractivity contribution is 14.1. The molecule has 1 aromatic carbocycles. The van der Waals surface area contributed by atoms with E-state index in [1.165, 1.54) is 0 Å². The molecule has 5 heteroatoms. The molecule has 1 aliphatic heterocycles. The van der Waals surface area contributed by atoms with Gasteiger partial charge in [-0.2, -0.15) is 0 Å². The molecule has 1 atom stereocenters. The second-order valence-corrected chi connectivity index (χ2v) is 7.33. The van der Waals surface area contributed by atoms with Gasteiger partial charge in [0.05, 0.1) is 24.0 Å². The molecule has 0 aliphatic carbocycles. The van der Waals surface area contributed by atoms with Gasteiger partial charge in [-0.3, -0.25) is 0 Å². The van der Waals surface area contributed by atoms with Crippen molar-refractivity contribution < 1.29 is 14.3 Å². The normalized spacial score (nSPS) is 18.0. The second kappa shape index (κ2) is 8.16. The first-order valence-electron chi connectivity index (χ1n) is 7.98. The SMILES string of the molecule is COCC1=C(C(=O)OC(C)C)C(c2ccccc2I)C(C)=C(C)N1. The maximum atomic E-state index is 12.8. The molecule has 0 radical (unpaired) electrons. The molecule has 0 amide bonds. The van der Waals surface area contributed by atoms with Crippen LogP contribution in [0.3, 0.4) is 0 Å². The summed E-state index contributed by atoms with van der Waals surface area (Å²) in [5.41, 5.74) is 4.69. The molecule has 0 bridgehead atoms. The molecule has 0 spiro atoms. The predicted molar refractivity (Wildman–Crippen MR) is 104 cm³/mol. The summed E-state index contributed by atoms with van der Waals surface area (Å²) in [5, 5.41) is 3.32. The summed E-state index contributed by atoms with van der Waals surface area (Å²) in [7, 11) is 1.63. The number of esters is 1. The van der Waals surface area contributed by atoms with E-state index in [0.29, 0.717) is 12.2 Å². The molecule has 0 aromatic heterocycles. The van der Waals surface area contributed by atoms with Crippen LogP contribution >= 0.6 is 22.6 Å². The molecule has 4 nitrogen and oxygen atoms in total. The monoisotopic (exact) mass is 441 g/mol. The first-order valence-corrected chi connectivity index (χ1v) is 9.06. The number of hydrogen-bond donors (Lipinski definition) is 1. The molecule has 24 heavy (non-hydrogen) atoms. The minimum absolute atomic E-state index is 0.129. The lowest BCUT2D eigenvalue weighted by molar-refractivity contribution is -0.143. The fraction of sp³-hybridized carbons (Fsp3) is 0.421. The number of hydrogen-bond acceptors (Lipinski definition) is 4. The van der Waals surface area contributed by atoms with Gasteiger partial charge in [0.25, 0.3) is 0 Å². The van der Waals surface area contributed by atoms with E-state index in [9.17, 15) is 4.79 Å². The molecule has 1 unspecified atom stereocenters. The van der Waals surface area contributed by atoms with Crippen LogP contribution in [0.25, 0.3) is 0 Å². The Morgan fingerprint density at radius 3 is 2.54 bits per heavy atom. The second-order valence-electron chi connectivity index (χ2n) is 6.17. The van der Waals surface area contributed by atoms with Gasteiger partial charge in [0, 0.05) is 22.3 Å². The number of methoxy groups -OCH3 is 1. The Kier molecular flexibility index (Phi) is 6.46. The first kappa shape index (κ1) is 19.0. The Hall–Kier alpha value is -1.34. The van der Waals surface area contributed by atoms with Crippen LogP contribution in [0, 0.1) is 3.57 Å². The summed E-state index contributed by atoms with van der Waals surface area (Å²) in [6.45, 7) is 8.15. The topological polar surface area (TPSA) is 47.6 Å². The van der Waals surface area contributed by atoms with Gasteiger partial charge in [-0.05, 0) is 67.5 Å². The molecule has 130 valence electrons. The Bertz CT molecular complexity index is 692. The molecule has 0 saturated heterocycles. The molecule has 1 aromatic rings. The molecular formula is C19H24INO3. The average Bonchev–Trinajstić information content (AvgIpc) is 2.50. The average molecular weight is 441 g/mol. The van der Waals surface area contributed by atoms with Gasteiger partial charge in [0.2, 0.25) is 0 Å². The summed E-state index contributed by atoms with van der Waals surface area (Å²) in [6.07, 6.45) is -0.170. The van der Waals surface area contributed by atoms with Crippen molar-refractivity contribution in [2.24, 2.45) is 0 Å². The van der Waals surface area contributed by atoms with Crippen LogP contribution in [0.4, 0.5) is 0 Å². The lowest BCUT2D eigenvalue weighted by atomic mass is 9.81. The number of carbonyl (C=O) groups excluding carboxylic acids is 1. The van der Waals surface area contributed by atoms with Crippen LogP contribution < -0.4 is 5.32 Å². The van der Waals surface area contributed by atoms with Crippen molar-refractivity contribution in [2.45, 2.75) is 39.7 Å². The van der Waals surface area contributed by atoms with Crippen LogP contribution in [0.15, 0.2) is 46.8 Å². The zero-order valence-electron chi connectivity index (χ0n) is 14.8. The number of allylic oxidation sites excluding steroid dienone is 2. The van der Waals surface area contributed by atoms with E-state index in [0.717, 1.165) is 26.1 Å². The molecule has 1 heterocycles. The summed E-state index contributed by atoms with van der Waals surface area (Å²) >= 11 is 2.32. The van der Waals surface area contributed by atoms with Crippen LogP contribution in [0.1, 0.15) is 39.2 Å². The standard InChI is InChI=1S/C19H24INO3/c1-11(2)24-19(22)18-16(10-23-5)21-13(4)12(3)17(18)14-8-6-7-9-15(14)20/h6-9,11,17,21H,10H2,1-5H3. The van der Waals surface area contributed by atoms with Crippen LogP contribution in [-0.2, 0) is 14.3 Å². The van der Waals surface area contributed by atoms with E-state index in [4.69, 9.17) is 9.47 Å². The molecule has 0 fully saturated rings. The molecule has 0 saturated carbocycles. The highest BCUT2D eigenvalue weighted by atomic mass is 127. The van der Waals surface area contributed by atoms with Gasteiger partial charge < -0.3 is 14.8 Å². The molecule has 1 aliphatic rings. The number of halogens is 1. The number of benzene rings is 1. The summed E-state index contributed by atoms with van der Waals surface area (Å²) < 4.78 is 12.0. The number of dihydropyridines is 1. The van der Waals surface area contributed by atoms with Crippen LogP contribution in [0.2, 0.25) is 0 Å². The fourth-order valence-corrected chi connectivity index (χ4v) is 3.57.